The monoisotopic (exact) mass is 437 g/mol. The van der Waals surface area contributed by atoms with Crippen molar-refractivity contribution >= 4 is 12.1 Å². The molecule has 176 valence electrons. The van der Waals surface area contributed by atoms with Gasteiger partial charge in [0.2, 0.25) is 0 Å². The Morgan fingerprint density at radius 3 is 2.39 bits per heavy atom. The summed E-state index contributed by atoms with van der Waals surface area (Å²) in [5.41, 5.74) is -1.30. The van der Waals surface area contributed by atoms with Gasteiger partial charge in [-0.1, -0.05) is 20.8 Å². The topological polar surface area (TPSA) is 74.3 Å². The molecule has 0 spiro atoms. The van der Waals surface area contributed by atoms with Gasteiger partial charge < -0.3 is 18.9 Å². The second-order valence-corrected chi connectivity index (χ2v) is 12.0. The lowest BCUT2D eigenvalue weighted by Crippen LogP contribution is -2.52. The van der Waals surface area contributed by atoms with E-state index in [0.29, 0.717) is 18.3 Å². The van der Waals surface area contributed by atoms with Crippen LogP contribution in [0, 0.1) is 22.7 Å². The molecule has 1 amide bonds. The lowest BCUT2D eigenvalue weighted by molar-refractivity contribution is -0.183. The van der Waals surface area contributed by atoms with Crippen LogP contribution < -0.4 is 0 Å². The highest BCUT2D eigenvalue weighted by molar-refractivity contribution is 5.86. The Labute approximate surface area is 186 Å². The molecule has 7 atom stereocenters. The normalized spacial score (nSPS) is 43.2. The van der Waals surface area contributed by atoms with Crippen LogP contribution in [0.1, 0.15) is 74.1 Å². The van der Waals surface area contributed by atoms with Gasteiger partial charge >= 0.3 is 12.1 Å². The van der Waals surface area contributed by atoms with Crippen LogP contribution in [0.15, 0.2) is 0 Å². The van der Waals surface area contributed by atoms with Crippen LogP contribution in [0.5, 0.6) is 0 Å². The van der Waals surface area contributed by atoms with Crippen molar-refractivity contribution in [2.75, 3.05) is 13.7 Å². The molecule has 0 aromatic rings. The van der Waals surface area contributed by atoms with Gasteiger partial charge in [-0.25, -0.2) is 9.59 Å². The summed E-state index contributed by atoms with van der Waals surface area (Å²) in [6, 6.07) is 0. The van der Waals surface area contributed by atoms with Gasteiger partial charge in [-0.2, -0.15) is 0 Å². The van der Waals surface area contributed by atoms with Crippen LogP contribution in [0.25, 0.3) is 0 Å². The van der Waals surface area contributed by atoms with Gasteiger partial charge in [0.15, 0.2) is 6.29 Å². The highest BCUT2D eigenvalue weighted by Crippen LogP contribution is 2.71. The summed E-state index contributed by atoms with van der Waals surface area (Å²) in [4.78, 5) is 26.9. The summed E-state index contributed by atoms with van der Waals surface area (Å²) in [6.45, 7) is 14.6. The zero-order valence-corrected chi connectivity index (χ0v) is 20.3. The number of nitrogens with zero attached hydrogens (tertiary/aromatic N) is 1. The first-order chi connectivity index (χ1) is 14.2. The fraction of sp³-hybridized carbons (Fsp3) is 0.917. The minimum Gasteiger partial charge on any atom is -0.467 e. The fourth-order valence-corrected chi connectivity index (χ4v) is 6.91. The molecule has 2 bridgehead atoms. The summed E-state index contributed by atoms with van der Waals surface area (Å²) < 4.78 is 23.4. The van der Waals surface area contributed by atoms with Crippen molar-refractivity contribution in [3.05, 3.63) is 0 Å². The Morgan fingerprint density at radius 2 is 1.81 bits per heavy atom. The zero-order chi connectivity index (χ0) is 23.0. The molecule has 0 N–H and O–H groups in total. The minimum atomic E-state index is -1.12. The first-order valence-electron chi connectivity index (χ1n) is 11.6. The molecule has 4 rings (SSSR count). The standard InChI is InChI=1S/C24H39NO6/c1-21(2,3)31-20(27)25-13-14(12-24(25,7)19(26)28-8)29-17-11-15-16-9-10-23(6,18(15)30-17)22(16,4)5/h14-18H,9-13H2,1-8H3/t14-,15-,16-,17-,18-,23+,24-/m1/s1. The number of hydrogen-bond acceptors (Lipinski definition) is 6. The van der Waals surface area contributed by atoms with E-state index >= 15 is 0 Å². The van der Waals surface area contributed by atoms with Gasteiger partial charge in [-0.15, -0.1) is 0 Å². The average molecular weight is 438 g/mol. The number of fused-ring (bicyclic) bond motifs is 5. The summed E-state index contributed by atoms with van der Waals surface area (Å²) in [7, 11) is 1.34. The number of ether oxygens (including phenoxy) is 4. The van der Waals surface area contributed by atoms with E-state index < -0.39 is 23.2 Å². The van der Waals surface area contributed by atoms with Gasteiger partial charge in [0, 0.05) is 12.8 Å². The number of rotatable bonds is 3. The molecule has 2 aliphatic carbocycles. The summed E-state index contributed by atoms with van der Waals surface area (Å²) in [5.74, 6) is 0.730. The third-order valence-corrected chi connectivity index (χ3v) is 8.86. The third kappa shape index (κ3) is 3.38. The molecule has 0 aromatic heterocycles. The maximum atomic E-state index is 12.9. The van der Waals surface area contributed by atoms with E-state index in [1.54, 1.807) is 6.92 Å². The molecule has 4 fully saturated rings. The molecule has 2 saturated heterocycles. The highest BCUT2D eigenvalue weighted by Gasteiger charge is 2.69. The van der Waals surface area contributed by atoms with Crippen LogP contribution in [0.4, 0.5) is 4.79 Å². The van der Waals surface area contributed by atoms with Crippen molar-refractivity contribution in [2.24, 2.45) is 22.7 Å². The number of esters is 1. The Kier molecular flexibility index (Phi) is 5.21. The van der Waals surface area contributed by atoms with Crippen LogP contribution in [0.3, 0.4) is 0 Å². The number of methoxy groups -OCH3 is 1. The first kappa shape index (κ1) is 22.8. The predicted octanol–water partition coefficient (Wildman–Crippen LogP) is 4.13. The van der Waals surface area contributed by atoms with E-state index in [1.807, 2.05) is 20.8 Å². The third-order valence-electron chi connectivity index (χ3n) is 8.86. The first-order valence-corrected chi connectivity index (χ1v) is 11.6. The van der Waals surface area contributed by atoms with E-state index in [4.69, 9.17) is 18.9 Å². The second kappa shape index (κ2) is 7.08. The largest absolute Gasteiger partial charge is 0.467 e. The fourth-order valence-electron chi connectivity index (χ4n) is 6.91. The Hall–Kier alpha value is -1.34. The van der Waals surface area contributed by atoms with Crippen molar-refractivity contribution < 1.29 is 28.5 Å². The second-order valence-electron chi connectivity index (χ2n) is 12.0. The van der Waals surface area contributed by atoms with Crippen LogP contribution in [-0.4, -0.2) is 60.3 Å². The lowest BCUT2D eigenvalue weighted by atomic mass is 9.70. The van der Waals surface area contributed by atoms with Crippen molar-refractivity contribution in [1.29, 1.82) is 0 Å². The van der Waals surface area contributed by atoms with E-state index in [9.17, 15) is 9.59 Å². The smallest absolute Gasteiger partial charge is 0.411 e. The van der Waals surface area contributed by atoms with Gasteiger partial charge in [-0.3, -0.25) is 4.90 Å². The predicted molar refractivity (Wildman–Crippen MR) is 114 cm³/mol. The Balaban J connectivity index is 1.46. The van der Waals surface area contributed by atoms with E-state index in [0.717, 1.165) is 6.42 Å². The summed E-state index contributed by atoms with van der Waals surface area (Å²) in [6.07, 6.45) is 2.80. The number of amides is 1. The maximum absolute atomic E-state index is 12.9. The van der Waals surface area contributed by atoms with Crippen molar-refractivity contribution in [2.45, 2.75) is 104 Å². The van der Waals surface area contributed by atoms with Crippen molar-refractivity contribution in [3.8, 4) is 0 Å². The maximum Gasteiger partial charge on any atom is 0.411 e. The SMILES string of the molecule is COC(=O)[C@@]1(C)C[C@@H](O[C@H]2C[C@@H]3[C@H]4CC[C@@](C)([C@@H]3O2)C4(C)C)CN1C(=O)OC(C)(C)C. The molecule has 0 unspecified atom stereocenters. The quantitative estimate of drug-likeness (QED) is 0.618. The minimum absolute atomic E-state index is 0.180. The number of carbonyl (C=O) groups is 2. The molecule has 31 heavy (non-hydrogen) atoms. The summed E-state index contributed by atoms with van der Waals surface area (Å²) in [5, 5.41) is 0. The molecule has 4 aliphatic rings. The zero-order valence-electron chi connectivity index (χ0n) is 20.3. The van der Waals surface area contributed by atoms with Gasteiger partial charge in [0.05, 0.1) is 25.9 Å². The molecule has 2 heterocycles. The molecule has 7 nitrogen and oxygen atoms in total. The average Bonchev–Trinajstić information content (AvgIpc) is 3.31. The van der Waals surface area contributed by atoms with Crippen LogP contribution >= 0.6 is 0 Å². The lowest BCUT2D eigenvalue weighted by Gasteiger charge is -2.38. The van der Waals surface area contributed by atoms with Crippen LogP contribution in [0.2, 0.25) is 0 Å². The van der Waals surface area contributed by atoms with E-state index in [2.05, 4.69) is 20.8 Å². The van der Waals surface area contributed by atoms with Gasteiger partial charge in [-0.05, 0) is 63.2 Å². The molecule has 7 heteroatoms. The highest BCUT2D eigenvalue weighted by atomic mass is 16.7. The van der Waals surface area contributed by atoms with Crippen molar-refractivity contribution in [1.82, 2.24) is 4.90 Å². The van der Waals surface area contributed by atoms with E-state index in [-0.39, 0.29) is 35.9 Å². The number of likely N-dealkylation sites (tertiary alicyclic amines) is 1. The Bertz CT molecular complexity index is 760. The molecular formula is C24H39NO6. The molecule has 2 aliphatic heterocycles. The molecule has 0 radical (unpaired) electrons. The summed E-state index contributed by atoms with van der Waals surface area (Å²) >= 11 is 0. The van der Waals surface area contributed by atoms with E-state index in [1.165, 1.54) is 24.9 Å². The van der Waals surface area contributed by atoms with Crippen molar-refractivity contribution in [3.63, 3.8) is 0 Å². The number of carbonyl (C=O) groups excluding carboxylic acids is 2. The van der Waals surface area contributed by atoms with Gasteiger partial charge in [0.25, 0.3) is 0 Å². The molecule has 2 saturated carbocycles. The van der Waals surface area contributed by atoms with Crippen LogP contribution in [-0.2, 0) is 23.7 Å². The molecule has 0 aromatic carbocycles. The van der Waals surface area contributed by atoms with Gasteiger partial charge in [0.1, 0.15) is 11.1 Å². The Morgan fingerprint density at radius 1 is 1.13 bits per heavy atom. The number of hydrogen-bond donors (Lipinski definition) is 0. The molecular weight excluding hydrogens is 398 g/mol.